The largest absolute Gasteiger partial charge is 0.337 e. The summed E-state index contributed by atoms with van der Waals surface area (Å²) in [5, 5.41) is 4.48. The van der Waals surface area contributed by atoms with Crippen LogP contribution in [0.5, 0.6) is 0 Å². The number of rotatable bonds is 4. The predicted octanol–water partition coefficient (Wildman–Crippen LogP) is 1.83. The van der Waals surface area contributed by atoms with Crippen molar-refractivity contribution >= 4 is 11.6 Å². The molecule has 0 saturated carbocycles. The topological polar surface area (TPSA) is 68.2 Å². The van der Waals surface area contributed by atoms with E-state index in [9.17, 15) is 0 Å². The van der Waals surface area contributed by atoms with E-state index in [-0.39, 0.29) is 0 Å². The number of nitrogens with two attached hydrogens (primary N) is 1. The van der Waals surface area contributed by atoms with Gasteiger partial charge in [0.05, 0.1) is 6.54 Å². The van der Waals surface area contributed by atoms with Gasteiger partial charge < -0.3 is 15.2 Å². The number of benzene rings is 1. The van der Waals surface area contributed by atoms with Crippen LogP contribution in [0.2, 0.25) is 5.02 Å². The second-order valence-corrected chi connectivity index (χ2v) is 4.69. The van der Waals surface area contributed by atoms with Gasteiger partial charge in [0.2, 0.25) is 5.89 Å². The maximum atomic E-state index is 6.08. The van der Waals surface area contributed by atoms with Gasteiger partial charge in [-0.15, -0.1) is 0 Å². The number of aromatic nitrogens is 2. The minimum absolute atomic E-state index is 0.375. The molecule has 0 aliphatic heterocycles. The first-order valence-electron chi connectivity index (χ1n) is 5.55. The molecule has 2 aromatic rings. The van der Waals surface area contributed by atoms with Gasteiger partial charge >= 0.3 is 0 Å². The summed E-state index contributed by atoms with van der Waals surface area (Å²) in [4.78, 5) is 6.22. The van der Waals surface area contributed by atoms with Crippen LogP contribution in [0.25, 0.3) is 0 Å². The molecule has 0 aliphatic carbocycles. The van der Waals surface area contributed by atoms with Crippen LogP contribution < -0.4 is 5.73 Å². The van der Waals surface area contributed by atoms with E-state index in [0.29, 0.717) is 23.3 Å². The minimum Gasteiger partial charge on any atom is -0.337 e. The average Bonchev–Trinajstić information content (AvgIpc) is 2.76. The highest BCUT2D eigenvalue weighted by atomic mass is 35.5. The van der Waals surface area contributed by atoms with E-state index < -0.39 is 6.04 Å². The van der Waals surface area contributed by atoms with Crippen molar-refractivity contribution < 1.29 is 4.52 Å². The molecule has 18 heavy (non-hydrogen) atoms. The zero-order valence-corrected chi connectivity index (χ0v) is 11.1. The molecule has 0 spiro atoms. The maximum absolute atomic E-state index is 6.08. The number of hydrogen-bond acceptors (Lipinski definition) is 5. The lowest BCUT2D eigenvalue weighted by atomic mass is 10.1. The molecule has 2 N–H and O–H groups in total. The van der Waals surface area contributed by atoms with Crippen molar-refractivity contribution in [2.75, 3.05) is 14.1 Å². The molecule has 0 bridgehead atoms. The molecular weight excluding hydrogens is 252 g/mol. The standard InChI is InChI=1S/C12H15ClN4O/c1-17(2)7-10-15-12(18-16-10)11(14)8-5-3-4-6-9(8)13/h3-6,11H,7,14H2,1-2H3/t11-/m1/s1. The molecular formula is C12H15ClN4O. The fourth-order valence-corrected chi connectivity index (χ4v) is 1.85. The van der Waals surface area contributed by atoms with Crippen molar-refractivity contribution in [2.45, 2.75) is 12.6 Å². The normalized spacial score (nSPS) is 12.9. The predicted molar refractivity (Wildman–Crippen MR) is 69.2 cm³/mol. The highest BCUT2D eigenvalue weighted by Crippen LogP contribution is 2.25. The molecule has 0 aliphatic rings. The fraction of sp³-hybridized carbons (Fsp3) is 0.333. The van der Waals surface area contributed by atoms with E-state index in [2.05, 4.69) is 10.1 Å². The number of halogens is 1. The lowest BCUT2D eigenvalue weighted by Crippen LogP contribution is -2.14. The van der Waals surface area contributed by atoms with Gasteiger partial charge in [0, 0.05) is 5.02 Å². The summed E-state index contributed by atoms with van der Waals surface area (Å²) in [5.74, 6) is 0.984. The van der Waals surface area contributed by atoms with Gasteiger partial charge in [-0.05, 0) is 25.7 Å². The zero-order valence-electron chi connectivity index (χ0n) is 10.3. The minimum atomic E-state index is -0.498. The molecule has 0 amide bonds. The molecule has 0 unspecified atom stereocenters. The van der Waals surface area contributed by atoms with Crippen LogP contribution >= 0.6 is 11.6 Å². The third-order valence-electron chi connectivity index (χ3n) is 2.45. The Kier molecular flexibility index (Phi) is 3.96. The van der Waals surface area contributed by atoms with E-state index >= 15 is 0 Å². The first-order chi connectivity index (χ1) is 8.58. The van der Waals surface area contributed by atoms with Crippen molar-refractivity contribution in [3.63, 3.8) is 0 Å². The third-order valence-corrected chi connectivity index (χ3v) is 2.79. The third kappa shape index (κ3) is 2.87. The van der Waals surface area contributed by atoms with E-state index in [0.717, 1.165) is 5.56 Å². The molecule has 2 rings (SSSR count). The molecule has 1 heterocycles. The Balaban J connectivity index is 2.21. The zero-order chi connectivity index (χ0) is 13.1. The second-order valence-electron chi connectivity index (χ2n) is 4.29. The molecule has 0 saturated heterocycles. The van der Waals surface area contributed by atoms with Crippen LogP contribution in [0.4, 0.5) is 0 Å². The SMILES string of the molecule is CN(C)Cc1noc([C@H](N)c2ccccc2Cl)n1. The average molecular weight is 267 g/mol. The van der Waals surface area contributed by atoms with Crippen molar-refractivity contribution in [3.8, 4) is 0 Å². The van der Waals surface area contributed by atoms with E-state index in [1.54, 1.807) is 6.07 Å². The number of hydrogen-bond donors (Lipinski definition) is 1. The Hall–Kier alpha value is -1.43. The Bertz CT molecular complexity index is 526. The summed E-state index contributed by atoms with van der Waals surface area (Å²) in [6.45, 7) is 0.610. The second kappa shape index (κ2) is 5.48. The quantitative estimate of drug-likeness (QED) is 0.914. The van der Waals surface area contributed by atoms with Crippen LogP contribution in [-0.2, 0) is 6.54 Å². The van der Waals surface area contributed by atoms with Crippen molar-refractivity contribution in [1.82, 2.24) is 15.0 Å². The first kappa shape index (κ1) is 13.0. The lowest BCUT2D eigenvalue weighted by molar-refractivity contribution is 0.343. The highest BCUT2D eigenvalue weighted by Gasteiger charge is 2.19. The maximum Gasteiger partial charge on any atom is 0.248 e. The molecule has 0 fully saturated rings. The van der Waals surface area contributed by atoms with Crippen molar-refractivity contribution in [1.29, 1.82) is 0 Å². The molecule has 1 aromatic heterocycles. The summed E-state index contributed by atoms with van der Waals surface area (Å²) in [7, 11) is 3.87. The van der Waals surface area contributed by atoms with Gasteiger partial charge in [-0.1, -0.05) is 35.0 Å². The van der Waals surface area contributed by atoms with Crippen LogP contribution in [0.3, 0.4) is 0 Å². The molecule has 5 nitrogen and oxygen atoms in total. The van der Waals surface area contributed by atoms with Crippen LogP contribution in [-0.4, -0.2) is 29.1 Å². The van der Waals surface area contributed by atoms with Crippen LogP contribution in [0.1, 0.15) is 23.3 Å². The van der Waals surface area contributed by atoms with Gasteiger partial charge in [0.25, 0.3) is 0 Å². The molecule has 1 atom stereocenters. The van der Waals surface area contributed by atoms with Gasteiger partial charge in [-0.3, -0.25) is 0 Å². The molecule has 96 valence electrons. The summed E-state index contributed by atoms with van der Waals surface area (Å²) in [5.41, 5.74) is 6.84. The van der Waals surface area contributed by atoms with E-state index in [4.69, 9.17) is 21.9 Å². The Labute approximate surface area is 111 Å². The fourth-order valence-electron chi connectivity index (χ4n) is 1.60. The van der Waals surface area contributed by atoms with Gasteiger partial charge in [-0.25, -0.2) is 0 Å². The lowest BCUT2D eigenvalue weighted by Gasteiger charge is -2.08. The van der Waals surface area contributed by atoms with Gasteiger partial charge in [0.1, 0.15) is 6.04 Å². The summed E-state index contributed by atoms with van der Waals surface area (Å²) in [6.07, 6.45) is 0. The van der Waals surface area contributed by atoms with E-state index in [1.165, 1.54) is 0 Å². The Morgan fingerprint density at radius 1 is 1.39 bits per heavy atom. The number of nitrogens with zero attached hydrogens (tertiary/aromatic N) is 3. The van der Waals surface area contributed by atoms with Crippen molar-refractivity contribution in [2.24, 2.45) is 5.73 Å². The summed E-state index contributed by atoms with van der Waals surface area (Å²) >= 11 is 6.08. The highest BCUT2D eigenvalue weighted by molar-refractivity contribution is 6.31. The summed E-state index contributed by atoms with van der Waals surface area (Å²) in [6, 6.07) is 6.86. The Morgan fingerprint density at radius 3 is 2.78 bits per heavy atom. The Morgan fingerprint density at radius 2 is 2.11 bits per heavy atom. The van der Waals surface area contributed by atoms with Crippen LogP contribution in [0, 0.1) is 0 Å². The van der Waals surface area contributed by atoms with E-state index in [1.807, 2.05) is 37.2 Å². The molecule has 1 aromatic carbocycles. The monoisotopic (exact) mass is 266 g/mol. The first-order valence-corrected chi connectivity index (χ1v) is 5.93. The van der Waals surface area contributed by atoms with Crippen LogP contribution in [0.15, 0.2) is 28.8 Å². The summed E-state index contributed by atoms with van der Waals surface area (Å²) < 4.78 is 5.17. The van der Waals surface area contributed by atoms with Crippen molar-refractivity contribution in [3.05, 3.63) is 46.6 Å². The van der Waals surface area contributed by atoms with Gasteiger partial charge in [-0.2, -0.15) is 4.98 Å². The van der Waals surface area contributed by atoms with Gasteiger partial charge in [0.15, 0.2) is 5.82 Å². The smallest absolute Gasteiger partial charge is 0.248 e. The molecule has 6 heteroatoms. The molecule has 0 radical (unpaired) electrons.